The lowest BCUT2D eigenvalue weighted by molar-refractivity contribution is 0.0904. The zero-order valence-corrected chi connectivity index (χ0v) is 13.7. The number of rotatable bonds is 6. The van der Waals surface area contributed by atoms with Gasteiger partial charge in [-0.2, -0.15) is 5.10 Å². The third-order valence-corrected chi connectivity index (χ3v) is 3.53. The van der Waals surface area contributed by atoms with Crippen molar-refractivity contribution < 1.29 is 9.53 Å². The first-order chi connectivity index (χ1) is 10.6. The van der Waals surface area contributed by atoms with Crippen LogP contribution in [0.5, 0.6) is 0 Å². The van der Waals surface area contributed by atoms with Crippen LogP contribution in [-0.4, -0.2) is 35.4 Å². The fourth-order valence-electron chi connectivity index (χ4n) is 2.33. The molecule has 0 aliphatic carbocycles. The van der Waals surface area contributed by atoms with Gasteiger partial charge in [-0.05, 0) is 31.5 Å². The molecule has 5 nitrogen and oxygen atoms in total. The predicted octanol–water partition coefficient (Wildman–Crippen LogP) is 2.85. The molecule has 1 atom stereocenters. The van der Waals surface area contributed by atoms with Gasteiger partial charge in [0.1, 0.15) is 0 Å². The fourth-order valence-corrected chi connectivity index (χ4v) is 2.51. The van der Waals surface area contributed by atoms with Crippen molar-refractivity contribution in [2.24, 2.45) is 0 Å². The normalized spacial score (nSPS) is 12.2. The number of halogens is 1. The number of nitrogens with zero attached hydrogens (tertiary/aromatic N) is 2. The first-order valence-corrected chi connectivity index (χ1v) is 7.57. The Balaban J connectivity index is 2.29. The molecule has 1 N–H and O–H groups in total. The highest BCUT2D eigenvalue weighted by Crippen LogP contribution is 2.19. The van der Waals surface area contributed by atoms with Crippen molar-refractivity contribution in [1.29, 1.82) is 0 Å². The molecule has 2 aromatic rings. The summed E-state index contributed by atoms with van der Waals surface area (Å²) in [6, 6.07) is 7.34. The molecular weight excluding hydrogens is 302 g/mol. The van der Waals surface area contributed by atoms with E-state index >= 15 is 0 Å². The Morgan fingerprint density at radius 1 is 1.50 bits per heavy atom. The highest BCUT2D eigenvalue weighted by molar-refractivity contribution is 6.30. The molecule has 1 aromatic carbocycles. The maximum atomic E-state index is 12.4. The first-order valence-electron chi connectivity index (χ1n) is 7.19. The molecule has 22 heavy (non-hydrogen) atoms. The second kappa shape index (κ2) is 7.42. The molecule has 2 rings (SSSR count). The van der Waals surface area contributed by atoms with Crippen LogP contribution < -0.4 is 5.32 Å². The van der Waals surface area contributed by atoms with E-state index in [0.717, 1.165) is 11.4 Å². The van der Waals surface area contributed by atoms with Crippen LogP contribution in [0.2, 0.25) is 5.02 Å². The summed E-state index contributed by atoms with van der Waals surface area (Å²) in [6.45, 7) is 4.36. The van der Waals surface area contributed by atoms with Gasteiger partial charge in [-0.3, -0.25) is 4.79 Å². The fraction of sp³-hybridized carbons (Fsp3) is 0.375. The highest BCUT2D eigenvalue weighted by atomic mass is 35.5. The molecule has 118 valence electrons. The lowest BCUT2D eigenvalue weighted by atomic mass is 10.1. The summed E-state index contributed by atoms with van der Waals surface area (Å²) in [6.07, 6.45) is 2.28. The maximum absolute atomic E-state index is 12.4. The van der Waals surface area contributed by atoms with Crippen LogP contribution >= 0.6 is 11.6 Å². The summed E-state index contributed by atoms with van der Waals surface area (Å²) in [5.41, 5.74) is 2.27. The molecule has 0 fully saturated rings. The van der Waals surface area contributed by atoms with Crippen molar-refractivity contribution in [1.82, 2.24) is 15.1 Å². The van der Waals surface area contributed by atoms with Crippen molar-refractivity contribution in [3.63, 3.8) is 0 Å². The van der Waals surface area contributed by atoms with Gasteiger partial charge in [0.25, 0.3) is 5.91 Å². The zero-order valence-electron chi connectivity index (χ0n) is 13.0. The Hall–Kier alpha value is -1.85. The van der Waals surface area contributed by atoms with Gasteiger partial charge >= 0.3 is 0 Å². The molecule has 0 saturated carbocycles. The standard InChI is InChI=1S/C16H20ClN3O2/c1-4-15-14(16(21)19-11(2)10-22-3)9-18-20(15)13-7-5-6-12(17)8-13/h5-9,11H,4,10H2,1-3H3,(H,19,21). The number of benzene rings is 1. The number of hydrogen-bond acceptors (Lipinski definition) is 3. The third kappa shape index (κ3) is 3.67. The van der Waals surface area contributed by atoms with E-state index in [1.807, 2.05) is 32.0 Å². The summed E-state index contributed by atoms with van der Waals surface area (Å²) in [5.74, 6) is -0.144. The molecule has 1 aromatic heterocycles. The van der Waals surface area contributed by atoms with Gasteiger partial charge in [0.15, 0.2) is 0 Å². The molecule has 1 amide bonds. The lowest BCUT2D eigenvalue weighted by Gasteiger charge is -2.13. The van der Waals surface area contributed by atoms with Crippen molar-refractivity contribution in [3.8, 4) is 5.69 Å². The molecule has 0 radical (unpaired) electrons. The Bertz CT molecular complexity index is 655. The minimum absolute atomic E-state index is 0.0586. The van der Waals surface area contributed by atoms with Gasteiger partial charge in [-0.1, -0.05) is 24.6 Å². The van der Waals surface area contributed by atoms with Crippen LogP contribution in [0.15, 0.2) is 30.5 Å². The smallest absolute Gasteiger partial charge is 0.255 e. The quantitative estimate of drug-likeness (QED) is 0.890. The largest absolute Gasteiger partial charge is 0.383 e. The lowest BCUT2D eigenvalue weighted by Crippen LogP contribution is -2.35. The van der Waals surface area contributed by atoms with E-state index in [1.165, 1.54) is 0 Å². The van der Waals surface area contributed by atoms with Crippen LogP contribution in [0, 0.1) is 0 Å². The maximum Gasteiger partial charge on any atom is 0.255 e. The van der Waals surface area contributed by atoms with E-state index in [4.69, 9.17) is 16.3 Å². The average Bonchev–Trinajstić information content (AvgIpc) is 2.91. The number of carbonyl (C=O) groups excluding carboxylic acids is 1. The molecule has 0 spiro atoms. The summed E-state index contributed by atoms with van der Waals surface area (Å²) in [4.78, 5) is 12.4. The average molecular weight is 322 g/mol. The van der Waals surface area contributed by atoms with E-state index in [1.54, 1.807) is 24.1 Å². The number of nitrogens with one attached hydrogen (secondary N) is 1. The molecule has 1 unspecified atom stereocenters. The van der Waals surface area contributed by atoms with E-state index in [2.05, 4.69) is 10.4 Å². The van der Waals surface area contributed by atoms with Crippen molar-refractivity contribution in [2.45, 2.75) is 26.3 Å². The van der Waals surface area contributed by atoms with Gasteiger partial charge < -0.3 is 10.1 Å². The molecule has 0 aliphatic rings. The number of carbonyl (C=O) groups is 1. The number of methoxy groups -OCH3 is 1. The number of amides is 1. The number of aromatic nitrogens is 2. The second-order valence-corrected chi connectivity index (χ2v) is 5.52. The Kier molecular flexibility index (Phi) is 5.57. The van der Waals surface area contributed by atoms with E-state index < -0.39 is 0 Å². The summed E-state index contributed by atoms with van der Waals surface area (Å²) < 4.78 is 6.79. The van der Waals surface area contributed by atoms with Gasteiger partial charge in [-0.15, -0.1) is 0 Å². The summed E-state index contributed by atoms with van der Waals surface area (Å²) in [7, 11) is 1.61. The van der Waals surface area contributed by atoms with Crippen molar-refractivity contribution in [2.75, 3.05) is 13.7 Å². The topological polar surface area (TPSA) is 56.1 Å². The summed E-state index contributed by atoms with van der Waals surface area (Å²) >= 11 is 6.03. The second-order valence-electron chi connectivity index (χ2n) is 5.08. The molecule has 6 heteroatoms. The van der Waals surface area contributed by atoms with E-state index in [-0.39, 0.29) is 11.9 Å². The van der Waals surface area contributed by atoms with Gasteiger partial charge in [-0.25, -0.2) is 4.68 Å². The molecule has 0 saturated heterocycles. The third-order valence-electron chi connectivity index (χ3n) is 3.30. The minimum atomic E-state index is -0.144. The summed E-state index contributed by atoms with van der Waals surface area (Å²) in [5, 5.41) is 7.88. The number of hydrogen-bond donors (Lipinski definition) is 1. The van der Waals surface area contributed by atoms with Gasteiger partial charge in [0, 0.05) is 18.2 Å². The van der Waals surface area contributed by atoms with Crippen LogP contribution in [0.1, 0.15) is 29.9 Å². The Morgan fingerprint density at radius 3 is 2.91 bits per heavy atom. The highest BCUT2D eigenvalue weighted by Gasteiger charge is 2.18. The van der Waals surface area contributed by atoms with Crippen LogP contribution in [0.4, 0.5) is 0 Å². The minimum Gasteiger partial charge on any atom is -0.383 e. The monoisotopic (exact) mass is 321 g/mol. The number of ether oxygens (including phenoxy) is 1. The predicted molar refractivity (Wildman–Crippen MR) is 86.8 cm³/mol. The van der Waals surface area contributed by atoms with Crippen LogP contribution in [0.3, 0.4) is 0 Å². The molecule has 1 heterocycles. The van der Waals surface area contributed by atoms with E-state index in [0.29, 0.717) is 23.6 Å². The SMILES string of the molecule is CCc1c(C(=O)NC(C)COC)cnn1-c1cccc(Cl)c1. The van der Waals surface area contributed by atoms with Crippen LogP contribution in [-0.2, 0) is 11.2 Å². The van der Waals surface area contributed by atoms with Crippen LogP contribution in [0.25, 0.3) is 5.69 Å². The first kappa shape index (κ1) is 16.5. The Labute approximate surface area is 135 Å². The zero-order chi connectivity index (χ0) is 16.1. The van der Waals surface area contributed by atoms with Crippen molar-refractivity contribution >= 4 is 17.5 Å². The molecular formula is C16H20ClN3O2. The Morgan fingerprint density at radius 2 is 2.27 bits per heavy atom. The van der Waals surface area contributed by atoms with Gasteiger partial charge in [0.2, 0.25) is 0 Å². The van der Waals surface area contributed by atoms with Gasteiger partial charge in [0.05, 0.1) is 29.7 Å². The molecule has 0 bridgehead atoms. The van der Waals surface area contributed by atoms with E-state index in [9.17, 15) is 4.79 Å². The molecule has 0 aliphatic heterocycles. The van der Waals surface area contributed by atoms with Crippen molar-refractivity contribution in [3.05, 3.63) is 46.7 Å².